The molecule has 1 aromatic rings. The molecule has 1 unspecified atom stereocenters. The molecule has 1 saturated carbocycles. The molecule has 0 aromatic carbocycles. The topological polar surface area (TPSA) is 64.9 Å². The van der Waals surface area contributed by atoms with Crippen molar-refractivity contribution in [1.29, 1.82) is 0 Å². The van der Waals surface area contributed by atoms with Gasteiger partial charge in [0.1, 0.15) is 5.82 Å². The molecule has 3 nitrogen and oxygen atoms in total. The fourth-order valence-electron chi connectivity index (χ4n) is 2.48. The molecule has 0 amide bonds. The van der Waals surface area contributed by atoms with Crippen molar-refractivity contribution in [2.24, 2.45) is 11.7 Å². The van der Waals surface area contributed by atoms with Gasteiger partial charge in [-0.1, -0.05) is 30.9 Å². The van der Waals surface area contributed by atoms with E-state index < -0.39 is 0 Å². The summed E-state index contributed by atoms with van der Waals surface area (Å²) in [6, 6.07) is 1.83. The van der Waals surface area contributed by atoms with Crippen molar-refractivity contribution in [3.63, 3.8) is 0 Å². The Morgan fingerprint density at radius 2 is 2.00 bits per heavy atom. The van der Waals surface area contributed by atoms with Gasteiger partial charge in [0.05, 0.1) is 5.02 Å². The summed E-state index contributed by atoms with van der Waals surface area (Å²) in [5.74, 6) is 1.04. The molecule has 1 atom stereocenters. The third-order valence-corrected chi connectivity index (χ3v) is 3.64. The maximum absolute atomic E-state index is 6.26. The van der Waals surface area contributed by atoms with Gasteiger partial charge in [0, 0.05) is 17.8 Å². The van der Waals surface area contributed by atoms with Crippen molar-refractivity contribution in [2.45, 2.75) is 38.1 Å². The zero-order chi connectivity index (χ0) is 11.5. The first-order valence-corrected chi connectivity index (χ1v) is 6.23. The second-order valence-corrected chi connectivity index (χ2v) is 4.99. The van der Waals surface area contributed by atoms with E-state index in [0.29, 0.717) is 16.8 Å². The van der Waals surface area contributed by atoms with Gasteiger partial charge in [0.2, 0.25) is 0 Å². The number of nitrogens with zero attached hydrogens (tertiary/aromatic N) is 1. The lowest BCUT2D eigenvalue weighted by atomic mass is 9.82. The molecule has 0 spiro atoms. The Morgan fingerprint density at radius 3 is 2.69 bits per heavy atom. The van der Waals surface area contributed by atoms with E-state index in [9.17, 15) is 0 Å². The Morgan fingerprint density at radius 1 is 1.31 bits per heavy atom. The van der Waals surface area contributed by atoms with Crippen LogP contribution in [0.2, 0.25) is 5.02 Å². The SMILES string of the molecule is Nc1ncc(Cl)cc1C(N)C1CCCCC1. The quantitative estimate of drug-likeness (QED) is 0.834. The van der Waals surface area contributed by atoms with Crippen LogP contribution in [0, 0.1) is 5.92 Å². The summed E-state index contributed by atoms with van der Waals surface area (Å²) >= 11 is 5.93. The van der Waals surface area contributed by atoms with Gasteiger partial charge in [0.15, 0.2) is 0 Å². The van der Waals surface area contributed by atoms with Gasteiger partial charge in [-0.2, -0.15) is 0 Å². The van der Waals surface area contributed by atoms with E-state index in [0.717, 1.165) is 5.56 Å². The molecule has 1 aliphatic carbocycles. The summed E-state index contributed by atoms with van der Waals surface area (Å²) < 4.78 is 0. The fraction of sp³-hybridized carbons (Fsp3) is 0.583. The highest BCUT2D eigenvalue weighted by molar-refractivity contribution is 6.30. The van der Waals surface area contributed by atoms with E-state index in [2.05, 4.69) is 4.98 Å². The molecular formula is C12H18ClN3. The lowest BCUT2D eigenvalue weighted by molar-refractivity contribution is 0.308. The Bertz CT molecular complexity index is 361. The van der Waals surface area contributed by atoms with Crippen LogP contribution >= 0.6 is 11.6 Å². The zero-order valence-corrected chi connectivity index (χ0v) is 10.1. The van der Waals surface area contributed by atoms with Crippen LogP contribution in [0.25, 0.3) is 0 Å². The molecule has 4 heteroatoms. The van der Waals surface area contributed by atoms with E-state index in [1.54, 1.807) is 6.20 Å². The molecule has 88 valence electrons. The van der Waals surface area contributed by atoms with Crippen molar-refractivity contribution >= 4 is 17.4 Å². The fourth-order valence-corrected chi connectivity index (χ4v) is 2.65. The standard InChI is InChI=1S/C12H18ClN3/c13-9-6-10(12(15)16-7-9)11(14)8-4-2-1-3-5-8/h6-8,11H,1-5,14H2,(H2,15,16). The highest BCUT2D eigenvalue weighted by Crippen LogP contribution is 2.35. The molecule has 1 aromatic heterocycles. The number of rotatable bonds is 2. The second kappa shape index (κ2) is 5.02. The van der Waals surface area contributed by atoms with E-state index in [4.69, 9.17) is 23.1 Å². The van der Waals surface area contributed by atoms with Crippen molar-refractivity contribution in [3.05, 3.63) is 22.8 Å². The predicted molar refractivity (Wildman–Crippen MR) is 67.2 cm³/mol. The number of hydrogen-bond acceptors (Lipinski definition) is 3. The Hall–Kier alpha value is -0.800. The van der Waals surface area contributed by atoms with Crippen molar-refractivity contribution in [3.8, 4) is 0 Å². The third kappa shape index (κ3) is 2.47. The lowest BCUT2D eigenvalue weighted by Gasteiger charge is -2.28. The maximum atomic E-state index is 6.26. The summed E-state index contributed by atoms with van der Waals surface area (Å²) in [6.07, 6.45) is 7.80. The lowest BCUT2D eigenvalue weighted by Crippen LogP contribution is -2.24. The maximum Gasteiger partial charge on any atom is 0.128 e. The smallest absolute Gasteiger partial charge is 0.128 e. The van der Waals surface area contributed by atoms with Crippen LogP contribution in [-0.4, -0.2) is 4.98 Å². The number of hydrogen-bond donors (Lipinski definition) is 2. The number of nitrogens with two attached hydrogens (primary N) is 2. The van der Waals surface area contributed by atoms with Crippen LogP contribution < -0.4 is 11.5 Å². The minimum atomic E-state index is -0.0218. The normalized spacial score (nSPS) is 19.6. The van der Waals surface area contributed by atoms with Gasteiger partial charge in [-0.25, -0.2) is 4.98 Å². The van der Waals surface area contributed by atoms with Crippen LogP contribution in [-0.2, 0) is 0 Å². The Kier molecular flexibility index (Phi) is 3.66. The van der Waals surface area contributed by atoms with Gasteiger partial charge in [0.25, 0.3) is 0 Å². The van der Waals surface area contributed by atoms with Gasteiger partial charge in [-0.3, -0.25) is 0 Å². The molecule has 1 aliphatic rings. The molecule has 0 saturated heterocycles. The summed E-state index contributed by atoms with van der Waals surface area (Å²) in [7, 11) is 0. The molecule has 1 heterocycles. The Balaban J connectivity index is 2.18. The number of nitrogen functional groups attached to an aromatic ring is 1. The molecule has 0 bridgehead atoms. The molecular weight excluding hydrogens is 222 g/mol. The van der Waals surface area contributed by atoms with Gasteiger partial charge in [-0.15, -0.1) is 0 Å². The first kappa shape index (κ1) is 11.7. The van der Waals surface area contributed by atoms with Crippen molar-refractivity contribution < 1.29 is 0 Å². The Labute approximate surface area is 101 Å². The molecule has 0 aliphatic heterocycles. The molecule has 2 rings (SSSR count). The largest absolute Gasteiger partial charge is 0.383 e. The predicted octanol–water partition coefficient (Wildman–Crippen LogP) is 2.90. The molecule has 0 radical (unpaired) electrons. The minimum Gasteiger partial charge on any atom is -0.383 e. The van der Waals surface area contributed by atoms with Crippen LogP contribution in [0.15, 0.2) is 12.3 Å². The van der Waals surface area contributed by atoms with E-state index in [-0.39, 0.29) is 6.04 Å². The summed E-state index contributed by atoms with van der Waals surface area (Å²) in [4.78, 5) is 4.06. The zero-order valence-electron chi connectivity index (χ0n) is 9.32. The van der Waals surface area contributed by atoms with Gasteiger partial charge in [-0.05, 0) is 24.8 Å². The third-order valence-electron chi connectivity index (χ3n) is 3.43. The number of pyridine rings is 1. The van der Waals surface area contributed by atoms with Gasteiger partial charge >= 0.3 is 0 Å². The number of anilines is 1. The monoisotopic (exact) mass is 239 g/mol. The van der Waals surface area contributed by atoms with Crippen LogP contribution in [0.3, 0.4) is 0 Å². The average Bonchev–Trinajstić information content (AvgIpc) is 2.32. The highest BCUT2D eigenvalue weighted by atomic mass is 35.5. The van der Waals surface area contributed by atoms with Crippen molar-refractivity contribution in [1.82, 2.24) is 4.98 Å². The molecule has 1 fully saturated rings. The summed E-state index contributed by atoms with van der Waals surface area (Å²) in [6.45, 7) is 0. The van der Waals surface area contributed by atoms with Gasteiger partial charge < -0.3 is 11.5 Å². The first-order valence-electron chi connectivity index (χ1n) is 5.85. The van der Waals surface area contributed by atoms with Crippen LogP contribution in [0.1, 0.15) is 43.7 Å². The average molecular weight is 240 g/mol. The minimum absolute atomic E-state index is 0.0218. The molecule has 16 heavy (non-hydrogen) atoms. The van der Waals surface area contributed by atoms with Crippen LogP contribution in [0.5, 0.6) is 0 Å². The highest BCUT2D eigenvalue weighted by Gasteiger charge is 2.23. The molecule has 4 N–H and O–H groups in total. The summed E-state index contributed by atoms with van der Waals surface area (Å²) in [5, 5.41) is 0.607. The second-order valence-electron chi connectivity index (χ2n) is 4.55. The van der Waals surface area contributed by atoms with Crippen molar-refractivity contribution in [2.75, 3.05) is 5.73 Å². The summed E-state index contributed by atoms with van der Waals surface area (Å²) in [5.41, 5.74) is 13.0. The van der Waals surface area contributed by atoms with E-state index in [1.807, 2.05) is 6.07 Å². The van der Waals surface area contributed by atoms with Crippen LogP contribution in [0.4, 0.5) is 5.82 Å². The van der Waals surface area contributed by atoms with E-state index >= 15 is 0 Å². The first-order chi connectivity index (χ1) is 7.68. The van der Waals surface area contributed by atoms with E-state index in [1.165, 1.54) is 32.1 Å². The number of aromatic nitrogens is 1. The number of halogens is 1.